The summed E-state index contributed by atoms with van der Waals surface area (Å²) in [7, 11) is -3.89. The molecule has 0 aromatic heterocycles. The van der Waals surface area contributed by atoms with Crippen molar-refractivity contribution in [2.45, 2.75) is 24.8 Å². The van der Waals surface area contributed by atoms with E-state index in [1.165, 1.54) is 6.07 Å². The summed E-state index contributed by atoms with van der Waals surface area (Å²) in [5.41, 5.74) is 2.54. The molecule has 7 heteroatoms. The van der Waals surface area contributed by atoms with Crippen LogP contribution >= 0.6 is 0 Å². The lowest BCUT2D eigenvalue weighted by atomic mass is 10.1. The third-order valence-electron chi connectivity index (χ3n) is 3.82. The predicted molar refractivity (Wildman–Crippen MR) is 104 cm³/mol. The van der Waals surface area contributed by atoms with E-state index in [1.54, 1.807) is 36.4 Å². The van der Waals surface area contributed by atoms with Crippen LogP contribution in [0.5, 0.6) is 5.75 Å². The predicted octanol–water partition coefficient (Wildman–Crippen LogP) is 3.25. The molecule has 0 radical (unpaired) electrons. The molecular formula is C20H20N2O4S. The van der Waals surface area contributed by atoms with Gasteiger partial charge in [0.1, 0.15) is 5.75 Å². The molecule has 27 heavy (non-hydrogen) atoms. The first-order valence-corrected chi connectivity index (χ1v) is 9.91. The number of amides is 1. The third kappa shape index (κ3) is 4.64. The molecule has 0 atom stereocenters. The monoisotopic (exact) mass is 384 g/mol. The van der Waals surface area contributed by atoms with Crippen LogP contribution in [-0.2, 0) is 10.0 Å². The molecule has 0 aliphatic rings. The van der Waals surface area contributed by atoms with Crippen molar-refractivity contribution in [1.82, 2.24) is 10.3 Å². The lowest BCUT2D eigenvalue weighted by Crippen LogP contribution is -2.41. The van der Waals surface area contributed by atoms with Crippen LogP contribution in [0, 0.1) is 0 Å². The van der Waals surface area contributed by atoms with Crippen LogP contribution in [0.1, 0.15) is 24.2 Å². The molecule has 0 bridgehead atoms. The van der Waals surface area contributed by atoms with Crippen LogP contribution in [-0.4, -0.2) is 20.4 Å². The fourth-order valence-electron chi connectivity index (χ4n) is 2.54. The fourth-order valence-corrected chi connectivity index (χ4v) is 3.41. The van der Waals surface area contributed by atoms with E-state index in [2.05, 4.69) is 10.3 Å². The molecule has 3 aromatic rings. The summed E-state index contributed by atoms with van der Waals surface area (Å²) >= 11 is 0. The van der Waals surface area contributed by atoms with Crippen LogP contribution in [0.4, 0.5) is 0 Å². The molecule has 0 saturated carbocycles. The van der Waals surface area contributed by atoms with Gasteiger partial charge in [0.15, 0.2) is 0 Å². The van der Waals surface area contributed by atoms with E-state index in [-0.39, 0.29) is 11.0 Å². The Hall–Kier alpha value is -2.90. The van der Waals surface area contributed by atoms with E-state index in [0.29, 0.717) is 11.3 Å². The van der Waals surface area contributed by atoms with Gasteiger partial charge in [0.25, 0.3) is 15.9 Å². The van der Waals surface area contributed by atoms with Gasteiger partial charge < -0.3 is 4.74 Å². The minimum atomic E-state index is -3.89. The lowest BCUT2D eigenvalue weighted by molar-refractivity contribution is 0.0945. The number of carbonyl (C=O) groups is 1. The molecule has 1 amide bonds. The summed E-state index contributed by atoms with van der Waals surface area (Å²) < 4.78 is 30.4. The van der Waals surface area contributed by atoms with Crippen LogP contribution in [0.3, 0.4) is 0 Å². The smallest absolute Gasteiger partial charge is 0.266 e. The van der Waals surface area contributed by atoms with Gasteiger partial charge >= 0.3 is 0 Å². The lowest BCUT2D eigenvalue weighted by Gasteiger charge is -2.11. The zero-order valence-corrected chi connectivity index (χ0v) is 15.8. The SMILES string of the molecule is CC(C)Oc1ccc(C(=O)NNS(=O)(=O)c2ccc3ccccc3c2)cc1. The van der Waals surface area contributed by atoms with Crippen molar-refractivity contribution in [1.29, 1.82) is 0 Å². The number of hydrogen-bond donors (Lipinski definition) is 2. The van der Waals surface area contributed by atoms with Crippen molar-refractivity contribution in [3.05, 3.63) is 72.3 Å². The molecule has 0 spiro atoms. The molecule has 0 heterocycles. The summed E-state index contributed by atoms with van der Waals surface area (Å²) in [6.45, 7) is 3.81. The van der Waals surface area contributed by atoms with Gasteiger partial charge in [-0.3, -0.25) is 10.2 Å². The number of rotatable bonds is 6. The molecule has 0 aliphatic heterocycles. The molecule has 0 fully saturated rings. The number of carbonyl (C=O) groups excluding carboxylic acids is 1. The Morgan fingerprint density at radius 2 is 1.59 bits per heavy atom. The van der Waals surface area contributed by atoms with E-state index in [9.17, 15) is 13.2 Å². The molecule has 140 valence electrons. The maximum Gasteiger partial charge on any atom is 0.266 e. The third-order valence-corrected chi connectivity index (χ3v) is 5.06. The molecular weight excluding hydrogens is 364 g/mol. The summed E-state index contributed by atoms with van der Waals surface area (Å²) in [5, 5.41) is 1.73. The van der Waals surface area contributed by atoms with Crippen molar-refractivity contribution in [2.24, 2.45) is 0 Å². The van der Waals surface area contributed by atoms with Gasteiger partial charge in [-0.25, -0.2) is 8.42 Å². The molecule has 6 nitrogen and oxygen atoms in total. The maximum atomic E-state index is 12.4. The van der Waals surface area contributed by atoms with Crippen molar-refractivity contribution in [3.63, 3.8) is 0 Å². The van der Waals surface area contributed by atoms with E-state index in [1.807, 2.05) is 38.1 Å². The molecule has 3 rings (SSSR count). The van der Waals surface area contributed by atoms with Gasteiger partial charge in [-0.05, 0) is 61.0 Å². The number of hydrogen-bond acceptors (Lipinski definition) is 4. The number of hydrazine groups is 1. The van der Waals surface area contributed by atoms with E-state index < -0.39 is 15.9 Å². The number of sulfonamides is 1. The Morgan fingerprint density at radius 1 is 0.926 bits per heavy atom. The highest BCUT2D eigenvalue weighted by Crippen LogP contribution is 2.18. The second-order valence-corrected chi connectivity index (χ2v) is 7.94. The van der Waals surface area contributed by atoms with E-state index in [0.717, 1.165) is 10.8 Å². The largest absolute Gasteiger partial charge is 0.491 e. The number of fused-ring (bicyclic) bond motifs is 1. The summed E-state index contributed by atoms with van der Waals surface area (Å²) in [5.74, 6) is 0.0776. The molecule has 0 saturated heterocycles. The molecule has 2 N–H and O–H groups in total. The Labute approximate surface area is 158 Å². The molecule has 3 aromatic carbocycles. The van der Waals surface area contributed by atoms with Gasteiger partial charge in [-0.2, -0.15) is 0 Å². The number of nitrogens with one attached hydrogen (secondary N) is 2. The second-order valence-electron chi connectivity index (χ2n) is 6.26. The Morgan fingerprint density at radius 3 is 2.26 bits per heavy atom. The van der Waals surface area contributed by atoms with Crippen LogP contribution in [0.15, 0.2) is 71.6 Å². The topological polar surface area (TPSA) is 84.5 Å². The minimum absolute atomic E-state index is 0.0263. The maximum absolute atomic E-state index is 12.4. The van der Waals surface area contributed by atoms with Gasteiger partial charge in [-0.1, -0.05) is 30.3 Å². The highest BCUT2D eigenvalue weighted by atomic mass is 32.2. The second kappa shape index (κ2) is 7.77. The zero-order valence-electron chi connectivity index (χ0n) is 15.0. The summed E-state index contributed by atoms with van der Waals surface area (Å²) in [6, 6.07) is 18.7. The van der Waals surface area contributed by atoms with Gasteiger partial charge in [0, 0.05) is 5.56 Å². The molecule has 0 aliphatic carbocycles. The Kier molecular flexibility index (Phi) is 5.43. The van der Waals surface area contributed by atoms with E-state index >= 15 is 0 Å². The first kappa shape index (κ1) is 18.9. The van der Waals surface area contributed by atoms with Crippen LogP contribution in [0.25, 0.3) is 10.8 Å². The first-order chi connectivity index (χ1) is 12.8. The highest BCUT2D eigenvalue weighted by Gasteiger charge is 2.16. The van der Waals surface area contributed by atoms with Crippen molar-refractivity contribution >= 4 is 26.7 Å². The van der Waals surface area contributed by atoms with Gasteiger partial charge in [0.05, 0.1) is 11.0 Å². The first-order valence-electron chi connectivity index (χ1n) is 8.43. The zero-order chi connectivity index (χ0) is 19.4. The van der Waals surface area contributed by atoms with Gasteiger partial charge in [0.2, 0.25) is 0 Å². The van der Waals surface area contributed by atoms with Crippen LogP contribution in [0.2, 0.25) is 0 Å². The van der Waals surface area contributed by atoms with E-state index in [4.69, 9.17) is 4.74 Å². The van der Waals surface area contributed by atoms with Crippen molar-refractivity contribution in [3.8, 4) is 5.75 Å². The Balaban J connectivity index is 1.69. The standard InChI is InChI=1S/C20H20N2O4S/c1-14(2)26-18-10-7-16(8-11-18)20(23)21-22-27(24,25)19-12-9-15-5-3-4-6-17(15)13-19/h3-14,22H,1-2H3,(H,21,23). The Bertz CT molecular complexity index is 1060. The average Bonchev–Trinajstić information content (AvgIpc) is 2.66. The fraction of sp³-hybridized carbons (Fsp3) is 0.150. The number of benzene rings is 3. The molecule has 0 unspecified atom stereocenters. The number of ether oxygens (including phenoxy) is 1. The van der Waals surface area contributed by atoms with Gasteiger partial charge in [-0.15, -0.1) is 4.83 Å². The summed E-state index contributed by atoms with van der Waals surface area (Å²) in [4.78, 5) is 14.4. The quantitative estimate of drug-likeness (QED) is 0.639. The van der Waals surface area contributed by atoms with Crippen LogP contribution < -0.4 is 15.0 Å². The summed E-state index contributed by atoms with van der Waals surface area (Å²) in [6.07, 6.45) is 0.0263. The average molecular weight is 384 g/mol. The highest BCUT2D eigenvalue weighted by molar-refractivity contribution is 7.89. The van der Waals surface area contributed by atoms with Crippen molar-refractivity contribution < 1.29 is 17.9 Å². The minimum Gasteiger partial charge on any atom is -0.491 e. The normalized spacial score (nSPS) is 11.5. The van der Waals surface area contributed by atoms with Crippen molar-refractivity contribution in [2.75, 3.05) is 0 Å².